The Balaban J connectivity index is 1.40. The van der Waals surface area contributed by atoms with Crippen LogP contribution in [0.5, 0.6) is 0 Å². The number of aromatic nitrogens is 2. The lowest BCUT2D eigenvalue weighted by atomic mass is 9.90. The monoisotopic (exact) mass is 384 g/mol. The number of aliphatic hydroxyl groups is 1. The molecule has 1 atom stereocenters. The van der Waals surface area contributed by atoms with Gasteiger partial charge in [0.05, 0.1) is 24.8 Å². The first-order valence-corrected chi connectivity index (χ1v) is 10.7. The quantitative estimate of drug-likeness (QED) is 0.798. The zero-order valence-electron chi connectivity index (χ0n) is 16.8. The van der Waals surface area contributed by atoms with Crippen molar-refractivity contribution in [3.63, 3.8) is 0 Å². The second-order valence-electron chi connectivity index (χ2n) is 8.26. The Kier molecular flexibility index (Phi) is 6.40. The predicted octanol–water partition coefficient (Wildman–Crippen LogP) is 3.00. The first-order chi connectivity index (χ1) is 13.7. The summed E-state index contributed by atoms with van der Waals surface area (Å²) in [6.45, 7) is 5.75. The second kappa shape index (κ2) is 9.16. The van der Waals surface area contributed by atoms with Crippen LogP contribution in [0.4, 0.5) is 5.82 Å². The molecule has 1 saturated heterocycles. The summed E-state index contributed by atoms with van der Waals surface area (Å²) in [5.41, 5.74) is 2.20. The Morgan fingerprint density at radius 1 is 1.18 bits per heavy atom. The van der Waals surface area contributed by atoms with Crippen molar-refractivity contribution in [2.45, 2.75) is 63.6 Å². The number of ether oxygens (including phenoxy) is 1. The fourth-order valence-electron chi connectivity index (χ4n) is 4.47. The zero-order chi connectivity index (χ0) is 19.3. The topological polar surface area (TPSA) is 70.5 Å². The molecule has 1 aliphatic carbocycles. The van der Waals surface area contributed by atoms with E-state index >= 15 is 0 Å². The number of rotatable bonds is 6. The van der Waals surface area contributed by atoms with Crippen LogP contribution in [0, 0.1) is 0 Å². The highest BCUT2D eigenvalue weighted by Gasteiger charge is 2.27. The Labute approximate surface area is 167 Å². The van der Waals surface area contributed by atoms with Crippen molar-refractivity contribution in [2.24, 2.45) is 0 Å². The molecule has 0 spiro atoms. The summed E-state index contributed by atoms with van der Waals surface area (Å²) in [5, 5.41) is 14.3. The minimum Gasteiger partial charge on any atom is -0.393 e. The first kappa shape index (κ1) is 19.6. The first-order valence-electron chi connectivity index (χ1n) is 10.7. The van der Waals surface area contributed by atoms with Crippen molar-refractivity contribution in [1.82, 2.24) is 14.9 Å². The molecule has 1 saturated carbocycles. The Morgan fingerprint density at radius 2 is 1.96 bits per heavy atom. The van der Waals surface area contributed by atoms with Crippen molar-refractivity contribution < 1.29 is 9.84 Å². The van der Waals surface area contributed by atoms with Crippen LogP contribution in [-0.4, -0.2) is 64.5 Å². The van der Waals surface area contributed by atoms with Gasteiger partial charge in [0.15, 0.2) is 0 Å². The summed E-state index contributed by atoms with van der Waals surface area (Å²) in [7, 11) is 0. The molecule has 1 aliphatic heterocycles. The number of hydrogen-bond acceptors (Lipinski definition) is 6. The molecular formula is C22H32N4O2. The molecule has 1 unspecified atom stereocenters. The van der Waals surface area contributed by atoms with Crippen molar-refractivity contribution in [1.29, 1.82) is 0 Å². The lowest BCUT2D eigenvalue weighted by Crippen LogP contribution is -2.46. The van der Waals surface area contributed by atoms with E-state index in [9.17, 15) is 5.11 Å². The summed E-state index contributed by atoms with van der Waals surface area (Å²) < 4.78 is 5.49. The maximum absolute atomic E-state index is 9.57. The third-order valence-corrected chi connectivity index (χ3v) is 6.15. The molecule has 28 heavy (non-hydrogen) atoms. The van der Waals surface area contributed by atoms with E-state index in [0.717, 1.165) is 55.9 Å². The smallest absolute Gasteiger partial charge is 0.137 e. The fraction of sp³-hybridized carbons (Fsp3) is 0.636. The molecule has 152 valence electrons. The third kappa shape index (κ3) is 4.80. The van der Waals surface area contributed by atoms with Gasteiger partial charge in [0, 0.05) is 30.6 Å². The fourth-order valence-corrected chi connectivity index (χ4v) is 4.47. The number of nitrogens with one attached hydrogen (secondary N) is 1. The van der Waals surface area contributed by atoms with Crippen LogP contribution in [0.1, 0.15) is 44.6 Å². The van der Waals surface area contributed by atoms with E-state index in [2.05, 4.69) is 38.4 Å². The van der Waals surface area contributed by atoms with Gasteiger partial charge in [-0.1, -0.05) is 6.07 Å². The zero-order valence-corrected chi connectivity index (χ0v) is 16.8. The molecular weight excluding hydrogens is 352 g/mol. The standard InChI is InChI=1S/C22H32N4O2/c1-16(27)2-3-17-4-9-21-20(14-17)22(24-15-23-21)25-18-5-7-19(8-6-18)26-10-12-28-13-11-26/h4,9,14-16,18-19,27H,2-3,5-8,10-13H2,1H3,(H,23,24,25). The van der Waals surface area contributed by atoms with Crippen molar-refractivity contribution in [2.75, 3.05) is 31.6 Å². The number of benzene rings is 1. The Morgan fingerprint density at radius 3 is 2.71 bits per heavy atom. The molecule has 2 aliphatic rings. The van der Waals surface area contributed by atoms with Crippen molar-refractivity contribution in [3.8, 4) is 0 Å². The number of morpholine rings is 1. The number of fused-ring (bicyclic) bond motifs is 1. The van der Waals surface area contributed by atoms with Gasteiger partial charge >= 0.3 is 0 Å². The number of hydrogen-bond donors (Lipinski definition) is 2. The molecule has 2 fully saturated rings. The number of aryl methyl sites for hydroxylation is 1. The summed E-state index contributed by atoms with van der Waals surface area (Å²) >= 11 is 0. The molecule has 1 aromatic carbocycles. The summed E-state index contributed by atoms with van der Waals surface area (Å²) in [5.74, 6) is 0.943. The number of aliphatic hydroxyl groups excluding tert-OH is 1. The van der Waals surface area contributed by atoms with Crippen LogP contribution in [-0.2, 0) is 11.2 Å². The molecule has 6 nitrogen and oxygen atoms in total. The average Bonchev–Trinajstić information content (AvgIpc) is 2.74. The normalized spacial score (nSPS) is 24.9. The van der Waals surface area contributed by atoms with Gasteiger partial charge in [0.25, 0.3) is 0 Å². The predicted molar refractivity (Wildman–Crippen MR) is 112 cm³/mol. The highest BCUT2D eigenvalue weighted by Crippen LogP contribution is 2.28. The summed E-state index contributed by atoms with van der Waals surface area (Å²) in [6, 6.07) is 7.52. The van der Waals surface area contributed by atoms with Gasteiger partial charge in [-0.05, 0) is 63.1 Å². The Hall–Kier alpha value is -1.76. The van der Waals surface area contributed by atoms with E-state index in [-0.39, 0.29) is 6.10 Å². The van der Waals surface area contributed by atoms with Crippen LogP contribution < -0.4 is 5.32 Å². The van der Waals surface area contributed by atoms with Crippen molar-refractivity contribution >= 4 is 16.7 Å². The van der Waals surface area contributed by atoms with Gasteiger partial charge in [0.1, 0.15) is 12.1 Å². The molecule has 0 radical (unpaired) electrons. The second-order valence-corrected chi connectivity index (χ2v) is 8.26. The average molecular weight is 385 g/mol. The molecule has 2 aromatic rings. The number of nitrogens with zero attached hydrogens (tertiary/aromatic N) is 3. The van der Waals surface area contributed by atoms with Crippen LogP contribution in [0.2, 0.25) is 0 Å². The van der Waals surface area contributed by atoms with Crippen LogP contribution in [0.25, 0.3) is 10.9 Å². The minimum atomic E-state index is -0.276. The van der Waals surface area contributed by atoms with E-state index in [0.29, 0.717) is 12.1 Å². The van der Waals surface area contributed by atoms with Crippen LogP contribution >= 0.6 is 0 Å². The number of anilines is 1. The molecule has 0 amide bonds. The third-order valence-electron chi connectivity index (χ3n) is 6.15. The van der Waals surface area contributed by atoms with Gasteiger partial charge in [0.2, 0.25) is 0 Å². The van der Waals surface area contributed by atoms with E-state index in [4.69, 9.17) is 4.74 Å². The van der Waals surface area contributed by atoms with E-state index < -0.39 is 0 Å². The minimum absolute atomic E-state index is 0.276. The van der Waals surface area contributed by atoms with Gasteiger partial charge in [-0.25, -0.2) is 9.97 Å². The lowest BCUT2D eigenvalue weighted by molar-refractivity contribution is 0.00791. The van der Waals surface area contributed by atoms with E-state index in [1.54, 1.807) is 6.33 Å². The maximum atomic E-state index is 9.57. The van der Waals surface area contributed by atoms with Gasteiger partial charge in [-0.2, -0.15) is 0 Å². The van der Waals surface area contributed by atoms with Crippen LogP contribution in [0.3, 0.4) is 0 Å². The molecule has 0 bridgehead atoms. The van der Waals surface area contributed by atoms with Crippen molar-refractivity contribution in [3.05, 3.63) is 30.1 Å². The summed E-state index contributed by atoms with van der Waals surface area (Å²) in [4.78, 5) is 11.6. The van der Waals surface area contributed by atoms with Gasteiger partial charge < -0.3 is 15.2 Å². The highest BCUT2D eigenvalue weighted by molar-refractivity contribution is 5.89. The molecule has 6 heteroatoms. The molecule has 1 aromatic heterocycles. The Bertz CT molecular complexity index is 768. The largest absolute Gasteiger partial charge is 0.393 e. The van der Waals surface area contributed by atoms with Gasteiger partial charge in [-0.3, -0.25) is 4.90 Å². The van der Waals surface area contributed by atoms with E-state index in [1.807, 2.05) is 6.92 Å². The van der Waals surface area contributed by atoms with Gasteiger partial charge in [-0.15, -0.1) is 0 Å². The lowest BCUT2D eigenvalue weighted by Gasteiger charge is -2.39. The SMILES string of the molecule is CC(O)CCc1ccc2ncnc(NC3CCC(N4CCOCC4)CC3)c2c1. The molecule has 2 N–H and O–H groups in total. The molecule has 2 heterocycles. The molecule has 4 rings (SSSR count). The summed E-state index contributed by atoms with van der Waals surface area (Å²) in [6.07, 6.45) is 7.84. The maximum Gasteiger partial charge on any atom is 0.137 e. The van der Waals surface area contributed by atoms with E-state index in [1.165, 1.54) is 31.2 Å². The van der Waals surface area contributed by atoms with Crippen LogP contribution in [0.15, 0.2) is 24.5 Å². The highest BCUT2D eigenvalue weighted by atomic mass is 16.5.